The molecule has 2 N–H and O–H groups in total. The van der Waals surface area contributed by atoms with E-state index < -0.39 is 0 Å². The molecule has 0 amide bonds. The van der Waals surface area contributed by atoms with Gasteiger partial charge in [0.15, 0.2) is 0 Å². The van der Waals surface area contributed by atoms with Crippen molar-refractivity contribution in [1.29, 1.82) is 0 Å². The number of benzene rings is 1. The number of ether oxygens (including phenoxy) is 2. The quantitative estimate of drug-likeness (QED) is 0.918. The van der Waals surface area contributed by atoms with Gasteiger partial charge in [0.05, 0.1) is 26.5 Å². The minimum Gasteiger partial charge on any atom is -0.497 e. The SMILES string of the molecule is COc1ccc(OC)c(C(C)n2ncc(C)c2N)c1. The maximum absolute atomic E-state index is 6.03. The first kappa shape index (κ1) is 13.3. The third kappa shape index (κ3) is 2.36. The van der Waals surface area contributed by atoms with Crippen LogP contribution >= 0.6 is 0 Å². The van der Waals surface area contributed by atoms with Crippen LogP contribution in [-0.4, -0.2) is 24.0 Å². The molecule has 0 aliphatic carbocycles. The number of nitrogens with zero attached hydrogens (tertiary/aromatic N) is 2. The number of rotatable bonds is 4. The van der Waals surface area contributed by atoms with Crippen LogP contribution < -0.4 is 15.2 Å². The van der Waals surface area contributed by atoms with Gasteiger partial charge >= 0.3 is 0 Å². The predicted octanol–water partition coefficient (Wildman–Crippen LogP) is 2.40. The van der Waals surface area contributed by atoms with Crippen LogP contribution in [-0.2, 0) is 0 Å². The Morgan fingerprint density at radius 2 is 2.00 bits per heavy atom. The second-order valence-electron chi connectivity index (χ2n) is 4.44. The predicted molar refractivity (Wildman–Crippen MR) is 74.7 cm³/mol. The van der Waals surface area contributed by atoms with Crippen LogP contribution in [0.4, 0.5) is 5.82 Å². The van der Waals surface area contributed by atoms with Gasteiger partial charge in [-0.15, -0.1) is 0 Å². The molecule has 1 aromatic carbocycles. The lowest BCUT2D eigenvalue weighted by molar-refractivity contribution is 0.391. The number of aromatic nitrogens is 2. The number of hydrogen-bond acceptors (Lipinski definition) is 4. The molecule has 0 radical (unpaired) electrons. The van der Waals surface area contributed by atoms with Crippen LogP contribution in [0.25, 0.3) is 0 Å². The molecule has 102 valence electrons. The number of methoxy groups -OCH3 is 2. The van der Waals surface area contributed by atoms with Crippen molar-refractivity contribution in [2.75, 3.05) is 20.0 Å². The minimum atomic E-state index is -0.0289. The molecule has 1 unspecified atom stereocenters. The molecule has 0 spiro atoms. The van der Waals surface area contributed by atoms with Crippen molar-refractivity contribution in [2.45, 2.75) is 19.9 Å². The van der Waals surface area contributed by atoms with E-state index in [-0.39, 0.29) is 6.04 Å². The van der Waals surface area contributed by atoms with Crippen molar-refractivity contribution in [1.82, 2.24) is 9.78 Å². The summed E-state index contributed by atoms with van der Waals surface area (Å²) in [5, 5.41) is 4.32. The van der Waals surface area contributed by atoms with Crippen LogP contribution in [0.2, 0.25) is 0 Å². The van der Waals surface area contributed by atoms with Crippen molar-refractivity contribution >= 4 is 5.82 Å². The Morgan fingerprint density at radius 3 is 2.53 bits per heavy atom. The lowest BCUT2D eigenvalue weighted by Gasteiger charge is -2.18. The highest BCUT2D eigenvalue weighted by molar-refractivity contribution is 5.45. The third-order valence-electron chi connectivity index (χ3n) is 3.28. The normalized spacial score (nSPS) is 12.2. The molecule has 5 nitrogen and oxygen atoms in total. The highest BCUT2D eigenvalue weighted by Crippen LogP contribution is 2.32. The summed E-state index contributed by atoms with van der Waals surface area (Å²) >= 11 is 0. The van der Waals surface area contributed by atoms with Gasteiger partial charge in [0, 0.05) is 11.1 Å². The van der Waals surface area contributed by atoms with E-state index in [0.717, 1.165) is 22.6 Å². The lowest BCUT2D eigenvalue weighted by Crippen LogP contribution is -2.12. The topological polar surface area (TPSA) is 62.3 Å². The first-order valence-electron chi connectivity index (χ1n) is 6.10. The summed E-state index contributed by atoms with van der Waals surface area (Å²) in [6, 6.07) is 5.67. The molecule has 5 heteroatoms. The first-order valence-corrected chi connectivity index (χ1v) is 6.10. The zero-order valence-corrected chi connectivity index (χ0v) is 11.7. The molecule has 0 aliphatic heterocycles. The van der Waals surface area contributed by atoms with Crippen molar-refractivity contribution in [3.8, 4) is 11.5 Å². The largest absolute Gasteiger partial charge is 0.497 e. The zero-order chi connectivity index (χ0) is 14.0. The van der Waals surface area contributed by atoms with E-state index in [0.29, 0.717) is 5.82 Å². The Balaban J connectivity index is 2.47. The van der Waals surface area contributed by atoms with Crippen LogP contribution in [0.1, 0.15) is 24.1 Å². The van der Waals surface area contributed by atoms with Gasteiger partial charge in [-0.2, -0.15) is 5.10 Å². The molecule has 0 aliphatic rings. The van der Waals surface area contributed by atoms with E-state index >= 15 is 0 Å². The van der Waals surface area contributed by atoms with Gasteiger partial charge in [0.1, 0.15) is 17.3 Å². The number of hydrogen-bond donors (Lipinski definition) is 1. The number of aryl methyl sites for hydroxylation is 1. The molecule has 19 heavy (non-hydrogen) atoms. The average molecular weight is 261 g/mol. The fraction of sp³-hybridized carbons (Fsp3) is 0.357. The average Bonchev–Trinajstić information content (AvgIpc) is 2.77. The molecule has 2 aromatic rings. The minimum absolute atomic E-state index is 0.0289. The highest BCUT2D eigenvalue weighted by Gasteiger charge is 2.17. The van der Waals surface area contributed by atoms with E-state index in [4.69, 9.17) is 15.2 Å². The van der Waals surface area contributed by atoms with Crippen LogP contribution in [0, 0.1) is 6.92 Å². The molecule has 0 fully saturated rings. The maximum atomic E-state index is 6.03. The monoisotopic (exact) mass is 261 g/mol. The summed E-state index contributed by atoms with van der Waals surface area (Å²) in [4.78, 5) is 0. The summed E-state index contributed by atoms with van der Waals surface area (Å²) in [5.74, 6) is 2.24. The highest BCUT2D eigenvalue weighted by atomic mass is 16.5. The number of nitrogen functional groups attached to an aromatic ring is 1. The van der Waals surface area contributed by atoms with Crippen molar-refractivity contribution in [3.05, 3.63) is 35.5 Å². The van der Waals surface area contributed by atoms with E-state index in [1.165, 1.54) is 0 Å². The van der Waals surface area contributed by atoms with Crippen LogP contribution in [0.5, 0.6) is 11.5 Å². The molecule has 2 rings (SSSR count). The molecule has 1 atom stereocenters. The summed E-state index contributed by atoms with van der Waals surface area (Å²) in [6.07, 6.45) is 1.76. The molecule has 1 aromatic heterocycles. The van der Waals surface area contributed by atoms with Crippen molar-refractivity contribution in [3.63, 3.8) is 0 Å². The maximum Gasteiger partial charge on any atom is 0.125 e. The van der Waals surface area contributed by atoms with E-state index in [2.05, 4.69) is 5.10 Å². The summed E-state index contributed by atoms with van der Waals surface area (Å²) in [7, 11) is 3.29. The zero-order valence-electron chi connectivity index (χ0n) is 11.7. The lowest BCUT2D eigenvalue weighted by atomic mass is 10.1. The van der Waals surface area contributed by atoms with Gasteiger partial charge in [-0.25, -0.2) is 4.68 Å². The second kappa shape index (κ2) is 5.22. The fourth-order valence-corrected chi connectivity index (χ4v) is 2.06. The second-order valence-corrected chi connectivity index (χ2v) is 4.44. The summed E-state index contributed by atoms with van der Waals surface area (Å²) in [5.41, 5.74) is 7.98. The van der Waals surface area contributed by atoms with E-state index in [1.54, 1.807) is 25.1 Å². The Kier molecular flexibility index (Phi) is 3.64. The van der Waals surface area contributed by atoms with Gasteiger partial charge in [0.25, 0.3) is 0 Å². The fourth-order valence-electron chi connectivity index (χ4n) is 2.06. The molecule has 0 saturated carbocycles. The van der Waals surface area contributed by atoms with E-state index in [9.17, 15) is 0 Å². The van der Waals surface area contributed by atoms with Crippen molar-refractivity contribution < 1.29 is 9.47 Å². The molecular formula is C14H19N3O2. The van der Waals surface area contributed by atoms with E-state index in [1.807, 2.05) is 32.0 Å². The Morgan fingerprint density at radius 1 is 1.26 bits per heavy atom. The third-order valence-corrected chi connectivity index (χ3v) is 3.28. The van der Waals surface area contributed by atoms with Gasteiger partial charge in [-0.1, -0.05) is 0 Å². The molecule has 0 saturated heterocycles. The van der Waals surface area contributed by atoms with Gasteiger partial charge in [0.2, 0.25) is 0 Å². The first-order chi connectivity index (χ1) is 9.08. The molecule has 0 bridgehead atoms. The number of nitrogens with two attached hydrogens (primary N) is 1. The molecular weight excluding hydrogens is 242 g/mol. The Bertz CT molecular complexity index is 578. The van der Waals surface area contributed by atoms with Gasteiger partial charge in [-0.3, -0.25) is 0 Å². The van der Waals surface area contributed by atoms with Gasteiger partial charge in [-0.05, 0) is 32.0 Å². The van der Waals surface area contributed by atoms with Gasteiger partial charge < -0.3 is 15.2 Å². The Hall–Kier alpha value is -2.17. The Labute approximate surface area is 112 Å². The summed E-state index contributed by atoms with van der Waals surface area (Å²) in [6.45, 7) is 3.97. The van der Waals surface area contributed by atoms with Crippen LogP contribution in [0.15, 0.2) is 24.4 Å². The van der Waals surface area contributed by atoms with Crippen LogP contribution in [0.3, 0.4) is 0 Å². The standard InChI is InChI=1S/C14H19N3O2/c1-9-8-16-17(14(9)15)10(2)12-7-11(18-3)5-6-13(12)19-4/h5-8,10H,15H2,1-4H3. The molecule has 1 heterocycles. The summed E-state index contributed by atoms with van der Waals surface area (Å²) < 4.78 is 12.4. The smallest absolute Gasteiger partial charge is 0.125 e. The van der Waals surface area contributed by atoms with Crippen molar-refractivity contribution in [2.24, 2.45) is 0 Å². The number of anilines is 1.